The SMILES string of the molecule is Cc1cnc(C(=O)NC(C)Cc2ccc(C)s2)cn1. The van der Waals surface area contributed by atoms with Crippen molar-refractivity contribution < 1.29 is 4.79 Å². The number of hydrogen-bond donors (Lipinski definition) is 1. The van der Waals surface area contributed by atoms with Crippen molar-refractivity contribution in [3.8, 4) is 0 Å². The van der Waals surface area contributed by atoms with Gasteiger partial charge >= 0.3 is 0 Å². The zero-order valence-electron chi connectivity index (χ0n) is 11.3. The fourth-order valence-electron chi connectivity index (χ4n) is 1.76. The summed E-state index contributed by atoms with van der Waals surface area (Å²) in [5.74, 6) is -0.173. The second kappa shape index (κ2) is 5.93. The first-order valence-electron chi connectivity index (χ1n) is 6.19. The predicted octanol–water partition coefficient (Wildman–Crippen LogP) is 2.52. The van der Waals surface area contributed by atoms with Crippen LogP contribution in [0.1, 0.15) is 32.9 Å². The molecule has 0 bridgehead atoms. The Balaban J connectivity index is 1.93. The van der Waals surface area contributed by atoms with Gasteiger partial charge in [-0.25, -0.2) is 4.98 Å². The number of thiophene rings is 1. The summed E-state index contributed by atoms with van der Waals surface area (Å²) in [4.78, 5) is 22.7. The molecule has 19 heavy (non-hydrogen) atoms. The lowest BCUT2D eigenvalue weighted by atomic mass is 10.2. The van der Waals surface area contributed by atoms with E-state index in [1.54, 1.807) is 17.5 Å². The van der Waals surface area contributed by atoms with E-state index in [0.29, 0.717) is 5.69 Å². The summed E-state index contributed by atoms with van der Waals surface area (Å²) in [6.45, 7) is 5.92. The van der Waals surface area contributed by atoms with Gasteiger partial charge in [0, 0.05) is 28.4 Å². The van der Waals surface area contributed by atoms with Gasteiger partial charge in [0.15, 0.2) is 0 Å². The second-order valence-electron chi connectivity index (χ2n) is 4.63. The van der Waals surface area contributed by atoms with Gasteiger partial charge in [0.25, 0.3) is 5.91 Å². The molecule has 0 fully saturated rings. The number of hydrogen-bond acceptors (Lipinski definition) is 4. The number of aryl methyl sites for hydroxylation is 2. The third-order valence-corrected chi connectivity index (χ3v) is 3.72. The zero-order valence-corrected chi connectivity index (χ0v) is 12.1. The fraction of sp³-hybridized carbons (Fsp3) is 0.357. The van der Waals surface area contributed by atoms with E-state index in [4.69, 9.17) is 0 Å². The molecule has 2 aromatic heterocycles. The summed E-state index contributed by atoms with van der Waals surface area (Å²) in [5.41, 5.74) is 1.17. The highest BCUT2D eigenvalue weighted by molar-refractivity contribution is 7.11. The smallest absolute Gasteiger partial charge is 0.271 e. The highest BCUT2D eigenvalue weighted by atomic mass is 32.1. The molecular formula is C14H17N3OS. The fourth-order valence-corrected chi connectivity index (χ4v) is 2.77. The third-order valence-electron chi connectivity index (χ3n) is 2.69. The van der Waals surface area contributed by atoms with E-state index in [9.17, 15) is 4.79 Å². The predicted molar refractivity (Wildman–Crippen MR) is 76.5 cm³/mol. The molecule has 0 radical (unpaired) electrons. The van der Waals surface area contributed by atoms with Crippen LogP contribution in [0.25, 0.3) is 0 Å². The average molecular weight is 275 g/mol. The molecule has 1 N–H and O–H groups in total. The van der Waals surface area contributed by atoms with Crippen LogP contribution >= 0.6 is 11.3 Å². The van der Waals surface area contributed by atoms with E-state index >= 15 is 0 Å². The number of rotatable bonds is 4. The van der Waals surface area contributed by atoms with Crippen molar-refractivity contribution in [2.24, 2.45) is 0 Å². The molecule has 0 saturated carbocycles. The van der Waals surface area contributed by atoms with Crippen molar-refractivity contribution in [2.75, 3.05) is 0 Å². The molecule has 100 valence electrons. The number of nitrogens with one attached hydrogen (secondary N) is 1. The molecule has 2 aromatic rings. The van der Waals surface area contributed by atoms with Crippen LogP contribution < -0.4 is 5.32 Å². The van der Waals surface area contributed by atoms with Gasteiger partial charge in [-0.1, -0.05) is 0 Å². The second-order valence-corrected chi connectivity index (χ2v) is 6.01. The number of carbonyl (C=O) groups is 1. The summed E-state index contributed by atoms with van der Waals surface area (Å²) >= 11 is 1.76. The summed E-state index contributed by atoms with van der Waals surface area (Å²) in [6.07, 6.45) is 3.94. The lowest BCUT2D eigenvalue weighted by molar-refractivity contribution is 0.0934. The van der Waals surface area contributed by atoms with Gasteiger partial charge in [0.2, 0.25) is 0 Å². The summed E-state index contributed by atoms with van der Waals surface area (Å²) < 4.78 is 0. The molecule has 0 aliphatic heterocycles. The van der Waals surface area contributed by atoms with Gasteiger partial charge in [-0.3, -0.25) is 9.78 Å². The van der Waals surface area contributed by atoms with Gasteiger partial charge in [0.05, 0.1) is 11.9 Å². The van der Waals surface area contributed by atoms with Crippen molar-refractivity contribution in [1.29, 1.82) is 0 Å². The van der Waals surface area contributed by atoms with Crippen molar-refractivity contribution in [2.45, 2.75) is 33.2 Å². The molecular weight excluding hydrogens is 258 g/mol. The van der Waals surface area contributed by atoms with Crippen LogP contribution in [0.2, 0.25) is 0 Å². The zero-order chi connectivity index (χ0) is 13.8. The normalized spacial score (nSPS) is 12.2. The molecule has 1 unspecified atom stereocenters. The molecule has 1 amide bonds. The van der Waals surface area contributed by atoms with Crippen LogP contribution in [0.5, 0.6) is 0 Å². The molecule has 5 heteroatoms. The Morgan fingerprint density at radius 3 is 2.68 bits per heavy atom. The Morgan fingerprint density at radius 2 is 2.11 bits per heavy atom. The molecule has 0 spiro atoms. The number of aromatic nitrogens is 2. The number of amides is 1. The van der Waals surface area contributed by atoms with Gasteiger partial charge in [-0.15, -0.1) is 11.3 Å². The molecule has 2 heterocycles. The highest BCUT2D eigenvalue weighted by Gasteiger charge is 2.12. The van der Waals surface area contributed by atoms with E-state index < -0.39 is 0 Å². The van der Waals surface area contributed by atoms with E-state index in [1.807, 2.05) is 13.8 Å². The number of carbonyl (C=O) groups excluding carboxylic acids is 1. The Morgan fingerprint density at radius 1 is 1.32 bits per heavy atom. The van der Waals surface area contributed by atoms with E-state index in [-0.39, 0.29) is 11.9 Å². The Kier molecular flexibility index (Phi) is 4.27. The molecule has 0 aromatic carbocycles. The largest absolute Gasteiger partial charge is 0.348 e. The van der Waals surface area contributed by atoms with Crippen molar-refractivity contribution in [3.63, 3.8) is 0 Å². The Bertz CT molecular complexity index is 562. The summed E-state index contributed by atoms with van der Waals surface area (Å²) in [5, 5.41) is 2.94. The standard InChI is InChI=1S/C14H17N3OS/c1-9(6-12-5-4-11(3)19-12)17-14(18)13-8-15-10(2)7-16-13/h4-5,7-9H,6H2,1-3H3,(H,17,18). The van der Waals surface area contributed by atoms with E-state index in [0.717, 1.165) is 12.1 Å². The van der Waals surface area contributed by atoms with Gasteiger partial charge < -0.3 is 5.32 Å². The van der Waals surface area contributed by atoms with Gasteiger partial charge in [-0.05, 0) is 32.9 Å². The first-order valence-corrected chi connectivity index (χ1v) is 7.01. The summed E-state index contributed by atoms with van der Waals surface area (Å²) in [7, 11) is 0. The summed E-state index contributed by atoms with van der Waals surface area (Å²) in [6, 6.07) is 4.28. The maximum absolute atomic E-state index is 12.0. The van der Waals surface area contributed by atoms with E-state index in [2.05, 4.69) is 34.3 Å². The highest BCUT2D eigenvalue weighted by Crippen LogP contribution is 2.16. The Labute approximate surface area is 116 Å². The van der Waals surface area contributed by atoms with Crippen LogP contribution in [-0.2, 0) is 6.42 Å². The van der Waals surface area contributed by atoms with Gasteiger partial charge in [0.1, 0.15) is 5.69 Å². The molecule has 0 aliphatic carbocycles. The van der Waals surface area contributed by atoms with Crippen molar-refractivity contribution in [1.82, 2.24) is 15.3 Å². The number of nitrogens with zero attached hydrogens (tertiary/aromatic N) is 2. The quantitative estimate of drug-likeness (QED) is 0.932. The lowest BCUT2D eigenvalue weighted by Gasteiger charge is -2.12. The van der Waals surface area contributed by atoms with Crippen LogP contribution in [0.4, 0.5) is 0 Å². The molecule has 0 aliphatic rings. The minimum absolute atomic E-state index is 0.0775. The average Bonchev–Trinajstić information content (AvgIpc) is 2.75. The van der Waals surface area contributed by atoms with Crippen molar-refractivity contribution >= 4 is 17.2 Å². The van der Waals surface area contributed by atoms with Crippen LogP contribution in [-0.4, -0.2) is 21.9 Å². The monoisotopic (exact) mass is 275 g/mol. The van der Waals surface area contributed by atoms with Crippen molar-refractivity contribution in [3.05, 3.63) is 45.7 Å². The van der Waals surface area contributed by atoms with Crippen LogP contribution in [0, 0.1) is 13.8 Å². The molecule has 2 rings (SSSR count). The van der Waals surface area contributed by atoms with Crippen LogP contribution in [0.3, 0.4) is 0 Å². The molecule has 0 saturated heterocycles. The lowest BCUT2D eigenvalue weighted by Crippen LogP contribution is -2.34. The first-order chi connectivity index (χ1) is 9.04. The van der Waals surface area contributed by atoms with Crippen LogP contribution in [0.15, 0.2) is 24.5 Å². The minimum atomic E-state index is -0.173. The third kappa shape index (κ3) is 3.86. The minimum Gasteiger partial charge on any atom is -0.348 e. The molecule has 4 nitrogen and oxygen atoms in total. The van der Waals surface area contributed by atoms with E-state index in [1.165, 1.54) is 16.0 Å². The maximum Gasteiger partial charge on any atom is 0.271 e. The molecule has 1 atom stereocenters. The topological polar surface area (TPSA) is 54.9 Å². The first kappa shape index (κ1) is 13.7. The van der Waals surface area contributed by atoms with Gasteiger partial charge in [-0.2, -0.15) is 0 Å². The maximum atomic E-state index is 12.0. The Hall–Kier alpha value is -1.75.